The van der Waals surface area contributed by atoms with E-state index in [1.165, 1.54) is 18.3 Å². The van der Waals surface area contributed by atoms with Gasteiger partial charge in [-0.25, -0.2) is 19.5 Å². The Morgan fingerprint density at radius 2 is 1.90 bits per heavy atom. The lowest BCUT2D eigenvalue weighted by Gasteiger charge is -2.18. The van der Waals surface area contributed by atoms with Gasteiger partial charge in [0.1, 0.15) is 17.5 Å². The van der Waals surface area contributed by atoms with Gasteiger partial charge in [0.2, 0.25) is 0 Å². The summed E-state index contributed by atoms with van der Waals surface area (Å²) in [5.41, 5.74) is 0.340. The lowest BCUT2D eigenvalue weighted by Crippen LogP contribution is -2.35. The van der Waals surface area contributed by atoms with Crippen LogP contribution in [0.1, 0.15) is 28.9 Å². The molecule has 152 valence electrons. The molecule has 1 aromatic carbocycles. The number of nitrogens with one attached hydrogen (secondary N) is 1. The highest BCUT2D eigenvalue weighted by atomic mass is 19.4. The maximum atomic E-state index is 12.8. The van der Waals surface area contributed by atoms with Gasteiger partial charge in [-0.1, -0.05) is 6.92 Å². The van der Waals surface area contributed by atoms with Gasteiger partial charge < -0.3 is 15.2 Å². The molecule has 1 saturated heterocycles. The number of benzene rings is 1. The number of hydrogen-bond acceptors (Lipinski definition) is 5. The lowest BCUT2D eigenvalue weighted by molar-refractivity contribution is -0.274. The molecule has 1 aromatic heterocycles. The van der Waals surface area contributed by atoms with Crippen LogP contribution in [0.5, 0.6) is 5.75 Å². The molecular formula is C18H14F3N3O5. The number of pyridine rings is 1. The fourth-order valence-corrected chi connectivity index (χ4v) is 2.92. The number of imide groups is 1. The predicted molar refractivity (Wildman–Crippen MR) is 92.5 cm³/mol. The fraction of sp³-hybridized carbons (Fsp3) is 0.222. The van der Waals surface area contributed by atoms with Gasteiger partial charge in [-0.3, -0.25) is 4.79 Å². The van der Waals surface area contributed by atoms with E-state index in [-0.39, 0.29) is 11.4 Å². The van der Waals surface area contributed by atoms with Gasteiger partial charge in [0, 0.05) is 12.1 Å². The first kappa shape index (κ1) is 20.1. The molecule has 0 radical (unpaired) electrons. The summed E-state index contributed by atoms with van der Waals surface area (Å²) in [5.74, 6) is -2.93. The first-order chi connectivity index (χ1) is 13.6. The van der Waals surface area contributed by atoms with E-state index in [4.69, 9.17) is 5.11 Å². The number of hydrogen-bond donors (Lipinski definition) is 2. The van der Waals surface area contributed by atoms with Crippen LogP contribution in [0.4, 0.5) is 23.7 Å². The quantitative estimate of drug-likeness (QED) is 0.735. The third-order valence-corrected chi connectivity index (χ3v) is 4.33. The number of rotatable bonds is 5. The van der Waals surface area contributed by atoms with Crippen LogP contribution in [-0.4, -0.2) is 40.4 Å². The Balaban J connectivity index is 1.81. The maximum absolute atomic E-state index is 12.8. The van der Waals surface area contributed by atoms with E-state index in [0.717, 1.165) is 29.2 Å². The number of aromatic nitrogens is 1. The number of nitrogens with zero attached hydrogens (tertiary/aromatic N) is 2. The summed E-state index contributed by atoms with van der Waals surface area (Å²) in [4.78, 5) is 40.6. The van der Waals surface area contributed by atoms with Crippen molar-refractivity contribution in [2.45, 2.75) is 25.2 Å². The van der Waals surface area contributed by atoms with Crippen LogP contribution in [0.25, 0.3) is 0 Å². The minimum atomic E-state index is -4.86. The number of halogens is 3. The van der Waals surface area contributed by atoms with Crippen molar-refractivity contribution in [1.29, 1.82) is 0 Å². The number of ether oxygens (including phenoxy) is 1. The van der Waals surface area contributed by atoms with Gasteiger partial charge in [-0.05, 0) is 42.0 Å². The van der Waals surface area contributed by atoms with Crippen molar-refractivity contribution >= 4 is 23.6 Å². The van der Waals surface area contributed by atoms with Crippen molar-refractivity contribution in [3.63, 3.8) is 0 Å². The molecule has 3 amide bonds. The molecular weight excluding hydrogens is 395 g/mol. The third-order valence-electron chi connectivity index (χ3n) is 4.33. The van der Waals surface area contributed by atoms with Crippen molar-refractivity contribution in [2.24, 2.45) is 0 Å². The van der Waals surface area contributed by atoms with Crippen molar-refractivity contribution in [1.82, 2.24) is 10.3 Å². The summed E-state index contributed by atoms with van der Waals surface area (Å²) in [5, 5.41) is 11.6. The van der Waals surface area contributed by atoms with E-state index >= 15 is 0 Å². The number of carbonyl (C=O) groups is 3. The highest BCUT2D eigenvalue weighted by molar-refractivity contribution is 6.21. The molecule has 2 N–H and O–H groups in total. The topological polar surface area (TPSA) is 109 Å². The molecule has 1 fully saturated rings. The maximum Gasteiger partial charge on any atom is 0.573 e. The van der Waals surface area contributed by atoms with Gasteiger partial charge in [0.25, 0.3) is 5.91 Å². The van der Waals surface area contributed by atoms with Crippen molar-refractivity contribution < 1.29 is 37.4 Å². The number of aromatic carboxylic acids is 1. The summed E-state index contributed by atoms with van der Waals surface area (Å²) in [6.45, 7) is 1.63. The van der Waals surface area contributed by atoms with E-state index < -0.39 is 42.0 Å². The van der Waals surface area contributed by atoms with E-state index in [0.29, 0.717) is 5.56 Å². The number of carbonyl (C=O) groups excluding carboxylic acids is 2. The second kappa shape index (κ2) is 7.41. The third kappa shape index (κ3) is 4.28. The fourth-order valence-electron chi connectivity index (χ4n) is 2.92. The summed E-state index contributed by atoms with van der Waals surface area (Å²) >= 11 is 0. The minimum absolute atomic E-state index is 0.0673. The number of alkyl halides is 3. The molecule has 2 unspecified atom stereocenters. The summed E-state index contributed by atoms with van der Waals surface area (Å²) < 4.78 is 40.5. The second-order valence-electron chi connectivity index (χ2n) is 6.21. The van der Waals surface area contributed by atoms with Crippen LogP contribution in [0.15, 0.2) is 42.6 Å². The molecule has 0 bridgehead atoms. The zero-order chi connectivity index (χ0) is 21.3. The van der Waals surface area contributed by atoms with Crippen molar-refractivity contribution in [3.05, 3.63) is 53.9 Å². The molecule has 29 heavy (non-hydrogen) atoms. The van der Waals surface area contributed by atoms with Crippen LogP contribution in [-0.2, 0) is 4.79 Å². The summed E-state index contributed by atoms with van der Waals surface area (Å²) in [6.07, 6.45) is -3.57. The Bertz CT molecular complexity index is 962. The normalized spacial score (nSPS) is 17.8. The number of amides is 3. The molecule has 2 heterocycles. The van der Waals surface area contributed by atoms with Crippen LogP contribution >= 0.6 is 0 Å². The van der Waals surface area contributed by atoms with E-state index in [2.05, 4.69) is 15.0 Å². The Labute approximate surface area is 161 Å². The zero-order valence-electron chi connectivity index (χ0n) is 14.8. The molecule has 1 aliphatic rings. The molecule has 11 heteroatoms. The first-order valence-electron chi connectivity index (χ1n) is 8.26. The van der Waals surface area contributed by atoms with Crippen molar-refractivity contribution in [2.75, 3.05) is 4.90 Å². The molecule has 0 spiro atoms. The highest BCUT2D eigenvalue weighted by Gasteiger charge is 2.42. The second-order valence-corrected chi connectivity index (χ2v) is 6.21. The molecule has 2 atom stereocenters. The van der Waals surface area contributed by atoms with Gasteiger partial charge in [0.15, 0.2) is 0 Å². The highest BCUT2D eigenvalue weighted by Crippen LogP contribution is 2.30. The Hall–Kier alpha value is -3.63. The molecule has 0 aliphatic carbocycles. The average Bonchev–Trinajstić information content (AvgIpc) is 2.95. The Morgan fingerprint density at radius 3 is 2.48 bits per heavy atom. The van der Waals surface area contributed by atoms with Gasteiger partial charge >= 0.3 is 18.4 Å². The molecule has 3 rings (SSSR count). The van der Waals surface area contributed by atoms with E-state index in [9.17, 15) is 27.6 Å². The Morgan fingerprint density at radius 1 is 1.24 bits per heavy atom. The van der Waals surface area contributed by atoms with Crippen LogP contribution in [0.2, 0.25) is 0 Å². The van der Waals surface area contributed by atoms with Gasteiger partial charge in [0.05, 0.1) is 5.69 Å². The molecule has 8 nitrogen and oxygen atoms in total. The van der Waals surface area contributed by atoms with Crippen molar-refractivity contribution in [3.8, 4) is 5.75 Å². The number of carboxylic acids is 1. The lowest BCUT2D eigenvalue weighted by atomic mass is 9.93. The van der Waals surface area contributed by atoms with Crippen LogP contribution in [0.3, 0.4) is 0 Å². The van der Waals surface area contributed by atoms with E-state index in [1.54, 1.807) is 6.92 Å². The van der Waals surface area contributed by atoms with Crippen LogP contribution < -0.4 is 15.0 Å². The molecule has 0 saturated carbocycles. The first-order valence-corrected chi connectivity index (χ1v) is 8.26. The summed E-state index contributed by atoms with van der Waals surface area (Å²) in [6, 6.07) is 5.38. The SMILES string of the molecule is CC(c1ccnc(C(=O)O)c1)C1NC(=O)N(c2ccc(OC(F)(F)F)cc2)C1=O. The zero-order valence-corrected chi connectivity index (χ0v) is 14.8. The average molecular weight is 409 g/mol. The summed E-state index contributed by atoms with van der Waals surface area (Å²) in [7, 11) is 0. The predicted octanol–water partition coefficient (Wildman–Crippen LogP) is 2.91. The van der Waals surface area contributed by atoms with E-state index in [1.807, 2.05) is 0 Å². The number of urea groups is 1. The van der Waals surface area contributed by atoms with Gasteiger partial charge in [-0.15, -0.1) is 13.2 Å². The number of carboxylic acid groups (broad SMARTS) is 1. The van der Waals surface area contributed by atoms with Crippen LogP contribution in [0, 0.1) is 0 Å². The standard InChI is InChI=1S/C18H14F3N3O5/c1-9(10-6-7-22-13(8-10)16(26)27)14-15(25)24(17(28)23-14)11-2-4-12(5-3-11)29-18(19,20)21/h2-9,14H,1H3,(H,23,28)(H,26,27). The largest absolute Gasteiger partial charge is 0.573 e. The van der Waals surface area contributed by atoms with Gasteiger partial charge in [-0.2, -0.15) is 0 Å². The monoisotopic (exact) mass is 409 g/mol. The minimum Gasteiger partial charge on any atom is -0.477 e. The molecule has 2 aromatic rings. The number of anilines is 1. The molecule has 1 aliphatic heterocycles. The smallest absolute Gasteiger partial charge is 0.477 e. The Kier molecular flexibility index (Phi) is 5.14.